The molecule has 2 N–H and O–H groups in total. The third-order valence-electron chi connectivity index (χ3n) is 5.32. The summed E-state index contributed by atoms with van der Waals surface area (Å²) < 4.78 is 10.6. The molecule has 0 unspecified atom stereocenters. The molecule has 6 nitrogen and oxygen atoms in total. The van der Waals surface area contributed by atoms with Gasteiger partial charge in [0.05, 0.1) is 19.4 Å². The number of aryl methyl sites for hydroxylation is 2. The molecule has 32 heavy (non-hydrogen) atoms. The Hall–Kier alpha value is -3.58. The van der Waals surface area contributed by atoms with E-state index in [0.29, 0.717) is 0 Å². The number of furan rings is 1. The van der Waals surface area contributed by atoms with Gasteiger partial charge in [-0.25, -0.2) is 4.98 Å². The van der Waals surface area contributed by atoms with Crippen LogP contribution in [0, 0.1) is 20.8 Å². The quantitative estimate of drug-likeness (QED) is 0.357. The van der Waals surface area contributed by atoms with Crippen molar-refractivity contribution in [3.63, 3.8) is 0 Å². The predicted molar refractivity (Wildman–Crippen MR) is 128 cm³/mol. The van der Waals surface area contributed by atoms with E-state index in [9.17, 15) is 4.79 Å². The van der Waals surface area contributed by atoms with E-state index >= 15 is 0 Å². The molecule has 4 aromatic rings. The smallest absolute Gasteiger partial charge is 0.291 e. The number of methoxy groups -OCH3 is 1. The van der Waals surface area contributed by atoms with E-state index in [2.05, 4.69) is 29.5 Å². The van der Waals surface area contributed by atoms with Gasteiger partial charge in [0.2, 0.25) is 0 Å². The van der Waals surface area contributed by atoms with E-state index in [0.717, 1.165) is 43.8 Å². The first-order valence-electron chi connectivity index (χ1n) is 10.2. The number of ether oxygens (including phenoxy) is 1. The number of rotatable bonds is 7. The number of hydrogen-bond donors (Lipinski definition) is 2. The Morgan fingerprint density at radius 3 is 2.50 bits per heavy atom. The molecule has 0 spiro atoms. The summed E-state index contributed by atoms with van der Waals surface area (Å²) in [6.07, 6.45) is 1.49. The lowest BCUT2D eigenvalue weighted by Gasteiger charge is -2.22. The van der Waals surface area contributed by atoms with E-state index < -0.39 is 0 Å². The predicted octanol–water partition coefficient (Wildman–Crippen LogP) is 6.12. The second-order valence-electron chi connectivity index (χ2n) is 7.47. The fourth-order valence-corrected chi connectivity index (χ4v) is 4.64. The summed E-state index contributed by atoms with van der Waals surface area (Å²) in [6.45, 7) is 6.09. The maximum atomic E-state index is 12.7. The maximum absolute atomic E-state index is 12.7. The lowest BCUT2D eigenvalue weighted by molar-refractivity contribution is 0.0997. The number of aromatic nitrogens is 1. The molecule has 0 aliphatic carbocycles. The highest BCUT2D eigenvalue weighted by molar-refractivity contribution is 7.16. The summed E-state index contributed by atoms with van der Waals surface area (Å²) in [5.41, 5.74) is 4.07. The molecule has 0 fully saturated rings. The number of nitrogens with one attached hydrogen (secondary N) is 2. The Bertz CT molecular complexity index is 1210. The van der Waals surface area contributed by atoms with Gasteiger partial charge in [0.15, 0.2) is 5.76 Å². The van der Waals surface area contributed by atoms with Gasteiger partial charge in [0.1, 0.15) is 16.6 Å². The molecule has 0 saturated heterocycles. The van der Waals surface area contributed by atoms with Gasteiger partial charge in [-0.2, -0.15) is 0 Å². The summed E-state index contributed by atoms with van der Waals surface area (Å²) in [7, 11) is 1.65. The fourth-order valence-electron chi connectivity index (χ4n) is 3.55. The van der Waals surface area contributed by atoms with Crippen molar-refractivity contribution in [3.05, 3.63) is 93.9 Å². The van der Waals surface area contributed by atoms with Gasteiger partial charge in [0.25, 0.3) is 5.91 Å². The van der Waals surface area contributed by atoms with Gasteiger partial charge in [-0.15, -0.1) is 11.3 Å². The molecule has 0 aliphatic heterocycles. The monoisotopic (exact) mass is 447 g/mol. The molecular formula is C25H25N3O3S. The third-order valence-corrected chi connectivity index (χ3v) is 6.46. The summed E-state index contributed by atoms with van der Waals surface area (Å²) >= 11 is 1.55. The number of pyridine rings is 1. The number of carbonyl (C=O) groups is 1. The zero-order chi connectivity index (χ0) is 22.7. The highest BCUT2D eigenvalue weighted by Crippen LogP contribution is 2.41. The van der Waals surface area contributed by atoms with Crippen LogP contribution in [0.2, 0.25) is 0 Å². The normalized spacial score (nSPS) is 11.8. The number of amides is 1. The first-order valence-corrected chi connectivity index (χ1v) is 11.1. The largest absolute Gasteiger partial charge is 0.497 e. The number of thiophene rings is 1. The second-order valence-corrected chi connectivity index (χ2v) is 8.70. The number of benzene rings is 1. The first-order chi connectivity index (χ1) is 15.5. The molecule has 7 heteroatoms. The van der Waals surface area contributed by atoms with Crippen LogP contribution < -0.4 is 15.4 Å². The highest BCUT2D eigenvalue weighted by Gasteiger charge is 2.25. The zero-order valence-corrected chi connectivity index (χ0v) is 19.2. The first kappa shape index (κ1) is 21.6. The standard InChI is InChI=1S/C25H25N3O3S/c1-15-7-5-9-21(26-15)27-23(18-10-12-19(30-4)13-11-18)22-16(2)17(3)32-25(22)28-24(29)20-8-6-14-31-20/h5-14,23H,1-4H3,(H,26,27)(H,28,29)/t23-/m0/s1. The number of nitrogens with zero attached hydrogens (tertiary/aromatic N) is 1. The van der Waals surface area contributed by atoms with Crippen molar-refractivity contribution in [2.24, 2.45) is 0 Å². The molecule has 1 aromatic carbocycles. The molecule has 1 atom stereocenters. The van der Waals surface area contributed by atoms with Crippen LogP contribution in [0.15, 0.2) is 65.3 Å². The Balaban J connectivity index is 1.78. The lowest BCUT2D eigenvalue weighted by atomic mass is 9.96. The Kier molecular flexibility index (Phi) is 6.28. The second kappa shape index (κ2) is 9.28. The summed E-state index contributed by atoms with van der Waals surface area (Å²) in [5.74, 6) is 1.54. The lowest BCUT2D eigenvalue weighted by Crippen LogP contribution is -2.18. The van der Waals surface area contributed by atoms with Crippen molar-refractivity contribution in [2.75, 3.05) is 17.7 Å². The van der Waals surface area contributed by atoms with E-state index in [1.165, 1.54) is 6.26 Å². The molecule has 4 rings (SSSR count). The van der Waals surface area contributed by atoms with Gasteiger partial charge in [-0.1, -0.05) is 18.2 Å². The van der Waals surface area contributed by atoms with Crippen molar-refractivity contribution < 1.29 is 13.9 Å². The molecule has 0 aliphatic rings. The molecule has 164 valence electrons. The van der Waals surface area contributed by atoms with Crippen LogP contribution in [-0.4, -0.2) is 18.0 Å². The van der Waals surface area contributed by atoms with Gasteiger partial charge < -0.3 is 19.8 Å². The molecular weight excluding hydrogens is 422 g/mol. The minimum Gasteiger partial charge on any atom is -0.497 e. The number of carbonyl (C=O) groups excluding carboxylic acids is 1. The SMILES string of the molecule is COc1ccc([C@H](Nc2cccc(C)n2)c2c(NC(=O)c3ccco3)sc(C)c2C)cc1. The Labute approximate surface area is 191 Å². The highest BCUT2D eigenvalue weighted by atomic mass is 32.1. The number of hydrogen-bond acceptors (Lipinski definition) is 6. The molecule has 0 bridgehead atoms. The van der Waals surface area contributed by atoms with Crippen molar-refractivity contribution >= 4 is 28.1 Å². The van der Waals surface area contributed by atoms with Crippen LogP contribution in [0.4, 0.5) is 10.8 Å². The molecule has 0 saturated carbocycles. The maximum Gasteiger partial charge on any atom is 0.291 e. The van der Waals surface area contributed by atoms with E-state index in [1.54, 1.807) is 30.6 Å². The van der Waals surface area contributed by atoms with Crippen LogP contribution >= 0.6 is 11.3 Å². The molecule has 3 aromatic heterocycles. The minimum absolute atomic E-state index is 0.230. The van der Waals surface area contributed by atoms with Gasteiger partial charge >= 0.3 is 0 Å². The van der Waals surface area contributed by atoms with Gasteiger partial charge in [0, 0.05) is 16.1 Å². The number of anilines is 2. The molecule has 0 radical (unpaired) electrons. The zero-order valence-electron chi connectivity index (χ0n) is 18.4. The van der Waals surface area contributed by atoms with Crippen LogP contribution in [0.5, 0.6) is 5.75 Å². The van der Waals surface area contributed by atoms with Crippen molar-refractivity contribution in [3.8, 4) is 5.75 Å². The summed E-state index contributed by atoms with van der Waals surface area (Å²) in [6, 6.07) is 16.9. The Morgan fingerprint density at radius 1 is 1.06 bits per heavy atom. The van der Waals surface area contributed by atoms with E-state index in [4.69, 9.17) is 9.15 Å². The molecule has 3 heterocycles. The van der Waals surface area contributed by atoms with E-state index in [-0.39, 0.29) is 17.7 Å². The molecule has 1 amide bonds. The van der Waals surface area contributed by atoms with E-state index in [1.807, 2.05) is 49.4 Å². The van der Waals surface area contributed by atoms with Crippen LogP contribution in [0.25, 0.3) is 0 Å². The average molecular weight is 448 g/mol. The summed E-state index contributed by atoms with van der Waals surface area (Å²) in [5, 5.41) is 7.40. The van der Waals surface area contributed by atoms with Crippen molar-refractivity contribution in [1.29, 1.82) is 0 Å². The van der Waals surface area contributed by atoms with Crippen molar-refractivity contribution in [1.82, 2.24) is 4.98 Å². The topological polar surface area (TPSA) is 76.4 Å². The third kappa shape index (κ3) is 4.53. The van der Waals surface area contributed by atoms with Crippen LogP contribution in [-0.2, 0) is 0 Å². The Morgan fingerprint density at radius 2 is 1.84 bits per heavy atom. The van der Waals surface area contributed by atoms with Gasteiger partial charge in [-0.3, -0.25) is 4.79 Å². The fraction of sp³-hybridized carbons (Fsp3) is 0.200. The average Bonchev–Trinajstić information content (AvgIpc) is 3.42. The van der Waals surface area contributed by atoms with Crippen LogP contribution in [0.1, 0.15) is 43.9 Å². The van der Waals surface area contributed by atoms with Crippen LogP contribution in [0.3, 0.4) is 0 Å². The van der Waals surface area contributed by atoms with Gasteiger partial charge in [-0.05, 0) is 68.3 Å². The minimum atomic E-state index is -0.278. The summed E-state index contributed by atoms with van der Waals surface area (Å²) in [4.78, 5) is 18.5. The van der Waals surface area contributed by atoms with Crippen molar-refractivity contribution in [2.45, 2.75) is 26.8 Å².